The van der Waals surface area contributed by atoms with E-state index in [0.29, 0.717) is 5.82 Å². The topological polar surface area (TPSA) is 25.8 Å². The summed E-state index contributed by atoms with van der Waals surface area (Å²) in [5.41, 5.74) is 9.64. The summed E-state index contributed by atoms with van der Waals surface area (Å²) in [6.07, 6.45) is 0. The van der Waals surface area contributed by atoms with Crippen molar-refractivity contribution in [1.82, 2.24) is 9.97 Å². The Morgan fingerprint density at radius 3 is 1.62 bits per heavy atom. The van der Waals surface area contributed by atoms with E-state index < -0.39 is 0 Å². The minimum absolute atomic E-state index is 0.707. The molecular formula is C46H30N2. The molecule has 0 aliphatic carbocycles. The molecule has 2 heteroatoms. The third kappa shape index (κ3) is 4.92. The molecular weight excluding hydrogens is 581 g/mol. The molecule has 9 aromatic rings. The summed E-state index contributed by atoms with van der Waals surface area (Å²) in [5, 5.41) is 7.43. The summed E-state index contributed by atoms with van der Waals surface area (Å²) in [6, 6.07) is 64.5. The molecule has 9 rings (SSSR count). The third-order valence-electron chi connectivity index (χ3n) is 9.29. The predicted octanol–water partition coefficient (Wildman–Crippen LogP) is 12.3. The Kier molecular flexibility index (Phi) is 6.84. The van der Waals surface area contributed by atoms with Crippen LogP contribution < -0.4 is 0 Å². The lowest BCUT2D eigenvalue weighted by Gasteiger charge is -2.17. The molecule has 0 amide bonds. The monoisotopic (exact) mass is 610 g/mol. The molecule has 2 nitrogen and oxygen atoms in total. The van der Waals surface area contributed by atoms with Crippen LogP contribution in [0.3, 0.4) is 0 Å². The fourth-order valence-electron chi connectivity index (χ4n) is 6.95. The Bertz CT molecular complexity index is 2590. The molecule has 8 aromatic carbocycles. The maximum atomic E-state index is 5.25. The molecule has 0 fully saturated rings. The highest BCUT2D eigenvalue weighted by Crippen LogP contribution is 2.43. The van der Waals surface area contributed by atoms with E-state index >= 15 is 0 Å². The second kappa shape index (κ2) is 11.8. The highest BCUT2D eigenvalue weighted by atomic mass is 14.9. The van der Waals surface area contributed by atoms with Crippen LogP contribution in [0.5, 0.6) is 0 Å². The van der Waals surface area contributed by atoms with Crippen molar-refractivity contribution in [3.05, 3.63) is 182 Å². The van der Waals surface area contributed by atoms with E-state index in [1.54, 1.807) is 0 Å². The second-order valence-electron chi connectivity index (χ2n) is 12.2. The van der Waals surface area contributed by atoms with Crippen LogP contribution in [0.1, 0.15) is 0 Å². The van der Waals surface area contributed by atoms with Crippen LogP contribution in [0.15, 0.2) is 182 Å². The summed E-state index contributed by atoms with van der Waals surface area (Å²) >= 11 is 0. The van der Waals surface area contributed by atoms with Crippen molar-refractivity contribution in [2.24, 2.45) is 0 Å². The van der Waals surface area contributed by atoms with E-state index in [0.717, 1.165) is 33.6 Å². The van der Waals surface area contributed by atoms with Crippen molar-refractivity contribution in [3.63, 3.8) is 0 Å². The first-order valence-corrected chi connectivity index (χ1v) is 16.3. The zero-order chi connectivity index (χ0) is 31.9. The molecule has 0 N–H and O–H groups in total. The van der Waals surface area contributed by atoms with Gasteiger partial charge in [-0.25, -0.2) is 9.97 Å². The Balaban J connectivity index is 1.28. The van der Waals surface area contributed by atoms with Gasteiger partial charge in [0.25, 0.3) is 0 Å². The van der Waals surface area contributed by atoms with Crippen LogP contribution in [0.2, 0.25) is 0 Å². The van der Waals surface area contributed by atoms with Gasteiger partial charge < -0.3 is 0 Å². The van der Waals surface area contributed by atoms with Crippen LogP contribution in [-0.2, 0) is 0 Å². The minimum Gasteiger partial charge on any atom is -0.228 e. The lowest BCUT2D eigenvalue weighted by molar-refractivity contribution is 1.18. The van der Waals surface area contributed by atoms with Crippen molar-refractivity contribution >= 4 is 32.3 Å². The van der Waals surface area contributed by atoms with E-state index in [1.807, 2.05) is 24.3 Å². The van der Waals surface area contributed by atoms with Gasteiger partial charge in [0.2, 0.25) is 0 Å². The fraction of sp³-hybridized carbons (Fsp3) is 0. The van der Waals surface area contributed by atoms with Gasteiger partial charge in [0.05, 0.1) is 11.4 Å². The Hall–Kier alpha value is -6.38. The van der Waals surface area contributed by atoms with E-state index in [4.69, 9.17) is 9.97 Å². The van der Waals surface area contributed by atoms with Gasteiger partial charge in [0.15, 0.2) is 5.82 Å². The highest BCUT2D eigenvalue weighted by Gasteiger charge is 2.18. The van der Waals surface area contributed by atoms with Gasteiger partial charge in [0.1, 0.15) is 0 Å². The van der Waals surface area contributed by atoms with Crippen LogP contribution in [0.4, 0.5) is 0 Å². The third-order valence-corrected chi connectivity index (χ3v) is 9.29. The number of aromatic nitrogens is 2. The predicted molar refractivity (Wildman–Crippen MR) is 202 cm³/mol. The fourth-order valence-corrected chi connectivity index (χ4v) is 6.95. The average molecular weight is 611 g/mol. The Morgan fingerprint density at radius 1 is 0.292 bits per heavy atom. The van der Waals surface area contributed by atoms with Gasteiger partial charge in [-0.1, -0.05) is 170 Å². The van der Waals surface area contributed by atoms with Crippen molar-refractivity contribution in [2.45, 2.75) is 0 Å². The maximum absolute atomic E-state index is 5.25. The number of hydrogen-bond donors (Lipinski definition) is 0. The first-order valence-electron chi connectivity index (χ1n) is 16.3. The van der Waals surface area contributed by atoms with Gasteiger partial charge in [-0.05, 0) is 66.7 Å². The molecule has 0 saturated heterocycles. The summed E-state index contributed by atoms with van der Waals surface area (Å²) in [6.45, 7) is 0. The molecule has 0 aliphatic rings. The summed E-state index contributed by atoms with van der Waals surface area (Å²) in [4.78, 5) is 10.4. The molecule has 1 heterocycles. The summed E-state index contributed by atoms with van der Waals surface area (Å²) in [7, 11) is 0. The van der Waals surface area contributed by atoms with Crippen LogP contribution >= 0.6 is 0 Å². The van der Waals surface area contributed by atoms with Gasteiger partial charge in [0, 0.05) is 16.7 Å². The molecule has 0 unspecified atom stereocenters. The summed E-state index contributed by atoms with van der Waals surface area (Å²) < 4.78 is 0. The molecule has 224 valence electrons. The van der Waals surface area contributed by atoms with Crippen LogP contribution in [-0.4, -0.2) is 9.97 Å². The number of rotatable bonds is 5. The highest BCUT2D eigenvalue weighted by molar-refractivity contribution is 6.21. The quantitative estimate of drug-likeness (QED) is 0.143. The zero-order valence-electron chi connectivity index (χ0n) is 26.2. The largest absolute Gasteiger partial charge is 0.228 e. The normalized spacial score (nSPS) is 11.3. The first kappa shape index (κ1) is 27.9. The molecule has 0 atom stereocenters. The molecule has 0 spiro atoms. The SMILES string of the molecule is c1ccc(-c2ccc(-c3cc(-c4ccccc4-c4c5ccccc5cc5c4ccc4ccccc45)nc(-c4ccccc4)n3)cc2)cc1. The Morgan fingerprint density at radius 2 is 0.854 bits per heavy atom. The van der Waals surface area contributed by atoms with E-state index in [1.165, 1.54) is 49.0 Å². The van der Waals surface area contributed by atoms with Gasteiger partial charge >= 0.3 is 0 Å². The molecule has 0 radical (unpaired) electrons. The van der Waals surface area contributed by atoms with Crippen LogP contribution in [0.25, 0.3) is 88.5 Å². The first-order chi connectivity index (χ1) is 23.8. The lowest BCUT2D eigenvalue weighted by Crippen LogP contribution is -1.97. The van der Waals surface area contributed by atoms with E-state index in [2.05, 4.69) is 158 Å². The van der Waals surface area contributed by atoms with E-state index in [9.17, 15) is 0 Å². The lowest BCUT2D eigenvalue weighted by atomic mass is 9.87. The molecule has 0 saturated carbocycles. The Labute approximate surface area is 279 Å². The number of hydrogen-bond acceptors (Lipinski definition) is 2. The molecule has 0 bridgehead atoms. The van der Waals surface area contributed by atoms with Crippen molar-refractivity contribution < 1.29 is 0 Å². The maximum Gasteiger partial charge on any atom is 0.160 e. The second-order valence-corrected chi connectivity index (χ2v) is 12.2. The summed E-state index contributed by atoms with van der Waals surface area (Å²) in [5.74, 6) is 0.707. The van der Waals surface area contributed by atoms with Gasteiger partial charge in [-0.2, -0.15) is 0 Å². The molecule has 0 aliphatic heterocycles. The number of fused-ring (bicyclic) bond motifs is 4. The van der Waals surface area contributed by atoms with Crippen molar-refractivity contribution in [2.75, 3.05) is 0 Å². The van der Waals surface area contributed by atoms with Crippen molar-refractivity contribution in [1.29, 1.82) is 0 Å². The smallest absolute Gasteiger partial charge is 0.160 e. The standard InChI is InChI=1S/C46H30N2/c1-3-13-31(14-4-1)32-23-25-34(26-24-32)43-30-44(48-46(47-43)35-16-5-2-6-17-35)39-21-11-12-22-40(39)45-38-20-10-8-18-36(38)29-42-37-19-9-7-15-33(37)27-28-41(42)45/h1-30H. The van der Waals surface area contributed by atoms with Crippen molar-refractivity contribution in [3.8, 4) is 56.2 Å². The van der Waals surface area contributed by atoms with Gasteiger partial charge in [-0.3, -0.25) is 0 Å². The van der Waals surface area contributed by atoms with E-state index in [-0.39, 0.29) is 0 Å². The number of benzene rings is 8. The molecule has 1 aromatic heterocycles. The minimum atomic E-state index is 0.707. The zero-order valence-corrected chi connectivity index (χ0v) is 26.2. The average Bonchev–Trinajstić information content (AvgIpc) is 3.17. The number of nitrogens with zero attached hydrogens (tertiary/aromatic N) is 2. The molecule has 48 heavy (non-hydrogen) atoms. The van der Waals surface area contributed by atoms with Crippen LogP contribution in [0, 0.1) is 0 Å². The van der Waals surface area contributed by atoms with Gasteiger partial charge in [-0.15, -0.1) is 0 Å².